The Balaban J connectivity index is 1.71. The average molecular weight is 460 g/mol. The Morgan fingerprint density at radius 1 is 1.03 bits per heavy atom. The number of anilines is 1. The number of carbonyl (C=O) groups is 1. The summed E-state index contributed by atoms with van der Waals surface area (Å²) in [6, 6.07) is 19.8. The normalized spacial score (nSPS) is 11.4. The number of rotatable bonds is 7. The highest BCUT2D eigenvalue weighted by Gasteiger charge is 2.17. The lowest BCUT2D eigenvalue weighted by molar-refractivity contribution is 0.0955. The molecule has 0 saturated carbocycles. The van der Waals surface area contributed by atoms with Gasteiger partial charge in [-0.05, 0) is 54.3 Å². The molecule has 0 atom stereocenters. The third kappa shape index (κ3) is 5.63. The minimum atomic E-state index is -3.92. The summed E-state index contributed by atoms with van der Waals surface area (Å²) < 4.78 is 27.7. The molecule has 30 heavy (non-hydrogen) atoms. The minimum Gasteiger partial charge on any atom is -0.278 e. The molecular weight excluding hydrogens is 442 g/mol. The summed E-state index contributed by atoms with van der Waals surface area (Å²) in [5.74, 6) is -0.526. The van der Waals surface area contributed by atoms with Crippen LogP contribution in [0.4, 0.5) is 5.69 Å². The highest BCUT2D eigenvalue weighted by atomic mass is 35.5. The highest BCUT2D eigenvalue weighted by molar-refractivity contribution is 7.98. The maximum absolute atomic E-state index is 12.6. The van der Waals surface area contributed by atoms with Crippen LogP contribution in [-0.2, 0) is 10.0 Å². The number of nitrogens with one attached hydrogen (secondary N) is 2. The zero-order chi connectivity index (χ0) is 21.6. The molecule has 6 nitrogen and oxygen atoms in total. The molecule has 1 amide bonds. The van der Waals surface area contributed by atoms with E-state index in [9.17, 15) is 13.2 Å². The number of hydrazone groups is 1. The van der Waals surface area contributed by atoms with Crippen molar-refractivity contribution in [2.24, 2.45) is 5.10 Å². The number of thioether (sulfide) groups is 1. The van der Waals surface area contributed by atoms with Gasteiger partial charge < -0.3 is 0 Å². The molecular formula is C21H18ClN3O3S2. The van der Waals surface area contributed by atoms with E-state index in [1.165, 1.54) is 30.5 Å². The first-order valence-electron chi connectivity index (χ1n) is 8.74. The molecule has 0 fully saturated rings. The van der Waals surface area contributed by atoms with E-state index in [4.69, 9.17) is 11.6 Å². The van der Waals surface area contributed by atoms with Crippen molar-refractivity contribution < 1.29 is 13.2 Å². The molecule has 0 saturated heterocycles. The van der Waals surface area contributed by atoms with Crippen LogP contribution in [0.5, 0.6) is 0 Å². The Kier molecular flexibility index (Phi) is 7.15. The SMILES string of the molecule is CSc1ccc(/C=N/NC(=O)c2cccc(S(=O)(=O)Nc3ccccc3Cl)c2)cc1. The molecule has 2 N–H and O–H groups in total. The van der Waals surface area contributed by atoms with Gasteiger partial charge in [0.15, 0.2) is 0 Å². The van der Waals surface area contributed by atoms with Gasteiger partial charge in [0.2, 0.25) is 0 Å². The van der Waals surface area contributed by atoms with Crippen LogP contribution < -0.4 is 10.1 Å². The Morgan fingerprint density at radius 3 is 2.47 bits per heavy atom. The molecule has 0 radical (unpaired) electrons. The van der Waals surface area contributed by atoms with Gasteiger partial charge in [-0.3, -0.25) is 9.52 Å². The topological polar surface area (TPSA) is 87.6 Å². The third-order valence-corrected chi connectivity index (χ3v) is 6.46. The second-order valence-electron chi connectivity index (χ2n) is 6.09. The number of sulfonamides is 1. The summed E-state index contributed by atoms with van der Waals surface area (Å²) in [4.78, 5) is 13.4. The number of hydrogen-bond donors (Lipinski definition) is 2. The molecule has 0 heterocycles. The maximum atomic E-state index is 12.6. The fraction of sp³-hybridized carbons (Fsp3) is 0.0476. The van der Waals surface area contributed by atoms with Crippen LogP contribution >= 0.6 is 23.4 Å². The summed E-state index contributed by atoms with van der Waals surface area (Å²) in [5.41, 5.74) is 3.64. The predicted octanol–water partition coefficient (Wildman–Crippen LogP) is 4.63. The fourth-order valence-corrected chi connectivity index (χ4v) is 4.24. The lowest BCUT2D eigenvalue weighted by atomic mass is 10.2. The molecule has 3 aromatic rings. The van der Waals surface area contributed by atoms with Gasteiger partial charge >= 0.3 is 0 Å². The number of hydrogen-bond acceptors (Lipinski definition) is 5. The van der Waals surface area contributed by atoms with Gasteiger partial charge in [-0.2, -0.15) is 5.10 Å². The van der Waals surface area contributed by atoms with Crippen LogP contribution in [0.2, 0.25) is 5.02 Å². The molecule has 0 aliphatic heterocycles. The zero-order valence-electron chi connectivity index (χ0n) is 15.9. The Labute approximate surface area is 184 Å². The molecule has 0 aliphatic carbocycles. The smallest absolute Gasteiger partial charge is 0.271 e. The summed E-state index contributed by atoms with van der Waals surface area (Å²) >= 11 is 7.65. The Morgan fingerprint density at radius 2 is 1.77 bits per heavy atom. The van der Waals surface area contributed by atoms with E-state index in [0.717, 1.165) is 10.5 Å². The standard InChI is InChI=1S/C21H18ClN3O3S2/c1-29-17-11-9-15(10-12-17)14-23-24-21(26)16-5-4-6-18(13-16)30(27,28)25-20-8-3-2-7-19(20)22/h2-14,25H,1H3,(H,24,26)/b23-14+. The van der Waals surface area contributed by atoms with Crippen molar-refractivity contribution >= 4 is 51.2 Å². The molecule has 0 aromatic heterocycles. The summed E-state index contributed by atoms with van der Waals surface area (Å²) in [6.07, 6.45) is 3.50. The van der Waals surface area contributed by atoms with Crippen LogP contribution in [0.3, 0.4) is 0 Å². The molecule has 154 valence electrons. The van der Waals surface area contributed by atoms with Crippen molar-refractivity contribution in [3.63, 3.8) is 0 Å². The first-order chi connectivity index (χ1) is 14.4. The zero-order valence-corrected chi connectivity index (χ0v) is 18.3. The van der Waals surface area contributed by atoms with E-state index in [1.807, 2.05) is 30.5 Å². The number of para-hydroxylation sites is 1. The van der Waals surface area contributed by atoms with E-state index in [1.54, 1.807) is 36.0 Å². The van der Waals surface area contributed by atoms with Crippen molar-refractivity contribution in [1.29, 1.82) is 0 Å². The number of nitrogens with zero attached hydrogens (tertiary/aromatic N) is 1. The Hall–Kier alpha value is -2.81. The number of amides is 1. The third-order valence-electron chi connectivity index (χ3n) is 4.02. The first-order valence-corrected chi connectivity index (χ1v) is 11.8. The molecule has 9 heteroatoms. The van der Waals surface area contributed by atoms with Crippen molar-refractivity contribution in [3.8, 4) is 0 Å². The fourth-order valence-electron chi connectivity index (χ4n) is 2.47. The Bertz CT molecular complexity index is 1180. The van der Waals surface area contributed by atoms with Gasteiger partial charge in [-0.1, -0.05) is 41.9 Å². The van der Waals surface area contributed by atoms with Gasteiger partial charge in [-0.15, -0.1) is 11.8 Å². The van der Waals surface area contributed by atoms with Crippen LogP contribution in [0.1, 0.15) is 15.9 Å². The average Bonchev–Trinajstić information content (AvgIpc) is 2.76. The van der Waals surface area contributed by atoms with Crippen LogP contribution in [0.25, 0.3) is 0 Å². The molecule has 0 aliphatic rings. The number of carbonyl (C=O) groups excluding carboxylic acids is 1. The van der Waals surface area contributed by atoms with Crippen LogP contribution in [0.15, 0.2) is 87.7 Å². The van der Waals surface area contributed by atoms with Crippen molar-refractivity contribution in [1.82, 2.24) is 5.43 Å². The van der Waals surface area contributed by atoms with Gasteiger partial charge in [0.05, 0.1) is 21.8 Å². The minimum absolute atomic E-state index is 0.0632. The van der Waals surface area contributed by atoms with Crippen molar-refractivity contribution in [2.75, 3.05) is 11.0 Å². The molecule has 3 rings (SSSR count). The van der Waals surface area contributed by atoms with Gasteiger partial charge in [0.1, 0.15) is 0 Å². The quantitative estimate of drug-likeness (QED) is 0.306. The van der Waals surface area contributed by atoms with Gasteiger partial charge in [0, 0.05) is 10.5 Å². The van der Waals surface area contributed by atoms with Gasteiger partial charge in [0.25, 0.3) is 15.9 Å². The summed E-state index contributed by atoms with van der Waals surface area (Å²) in [6.45, 7) is 0. The van der Waals surface area contributed by atoms with Crippen LogP contribution in [0, 0.1) is 0 Å². The predicted molar refractivity (Wildman–Crippen MR) is 122 cm³/mol. The van der Waals surface area contributed by atoms with E-state index in [-0.39, 0.29) is 21.2 Å². The lowest BCUT2D eigenvalue weighted by Crippen LogP contribution is -2.19. The van der Waals surface area contributed by atoms with Crippen molar-refractivity contribution in [3.05, 3.63) is 88.9 Å². The van der Waals surface area contributed by atoms with E-state index in [0.29, 0.717) is 0 Å². The maximum Gasteiger partial charge on any atom is 0.271 e. The lowest BCUT2D eigenvalue weighted by Gasteiger charge is -2.10. The van der Waals surface area contributed by atoms with Crippen LogP contribution in [-0.4, -0.2) is 26.8 Å². The van der Waals surface area contributed by atoms with Crippen molar-refractivity contribution in [2.45, 2.75) is 9.79 Å². The van der Waals surface area contributed by atoms with E-state index >= 15 is 0 Å². The number of halogens is 1. The molecule has 0 spiro atoms. The number of benzene rings is 3. The molecule has 0 unspecified atom stereocenters. The summed E-state index contributed by atoms with van der Waals surface area (Å²) in [5, 5.41) is 4.20. The van der Waals surface area contributed by atoms with Gasteiger partial charge in [-0.25, -0.2) is 13.8 Å². The van der Waals surface area contributed by atoms with E-state index in [2.05, 4.69) is 15.2 Å². The van der Waals surface area contributed by atoms with E-state index < -0.39 is 15.9 Å². The summed E-state index contributed by atoms with van der Waals surface area (Å²) in [7, 11) is -3.92. The first kappa shape index (κ1) is 21.9. The second kappa shape index (κ2) is 9.80. The molecule has 3 aromatic carbocycles. The molecule has 0 bridgehead atoms. The second-order valence-corrected chi connectivity index (χ2v) is 9.05. The monoisotopic (exact) mass is 459 g/mol. The largest absolute Gasteiger partial charge is 0.278 e. The highest BCUT2D eigenvalue weighted by Crippen LogP contribution is 2.24.